The molecule has 0 aromatic heterocycles. The fraction of sp³-hybridized carbons (Fsp3) is 0.889. The van der Waals surface area contributed by atoms with Gasteiger partial charge in [-0.2, -0.15) is 8.78 Å². The molecule has 84 valence electrons. The first-order chi connectivity index (χ1) is 6.41. The molecular formula is C9H15BrF2O2. The molecule has 14 heavy (non-hydrogen) atoms. The lowest BCUT2D eigenvalue weighted by atomic mass is 10.1. The van der Waals surface area contributed by atoms with Gasteiger partial charge in [0.15, 0.2) is 0 Å². The van der Waals surface area contributed by atoms with Crippen LogP contribution in [0.25, 0.3) is 0 Å². The zero-order valence-corrected chi connectivity index (χ0v) is 9.94. The van der Waals surface area contributed by atoms with E-state index in [0.29, 0.717) is 12.8 Å². The average molecular weight is 273 g/mol. The Balaban J connectivity index is 4.08. The van der Waals surface area contributed by atoms with Crippen LogP contribution in [0.3, 0.4) is 0 Å². The molecule has 0 radical (unpaired) electrons. The highest BCUT2D eigenvalue weighted by atomic mass is 79.9. The van der Waals surface area contributed by atoms with Crippen molar-refractivity contribution in [2.24, 2.45) is 0 Å². The zero-order valence-electron chi connectivity index (χ0n) is 8.36. The Bertz CT molecular complexity index is 174. The highest BCUT2D eigenvalue weighted by Crippen LogP contribution is 2.25. The van der Waals surface area contributed by atoms with Crippen LogP contribution >= 0.6 is 15.9 Å². The van der Waals surface area contributed by atoms with Crippen molar-refractivity contribution in [2.75, 3.05) is 0 Å². The van der Waals surface area contributed by atoms with Crippen LogP contribution in [-0.2, 0) is 9.53 Å². The van der Waals surface area contributed by atoms with E-state index >= 15 is 0 Å². The van der Waals surface area contributed by atoms with Crippen molar-refractivity contribution < 1.29 is 18.3 Å². The summed E-state index contributed by atoms with van der Waals surface area (Å²) < 4.78 is 29.5. The quantitative estimate of drug-likeness (QED) is 0.547. The topological polar surface area (TPSA) is 26.3 Å². The van der Waals surface area contributed by atoms with Gasteiger partial charge in [-0.3, -0.25) is 0 Å². The standard InChI is InChI=1S/C9H15BrF2O2/c1-3-5-7(6-4-2)14-8(13)9(10,11)12/h7H,3-6H2,1-2H3. The van der Waals surface area contributed by atoms with Crippen LogP contribution in [0.4, 0.5) is 8.78 Å². The normalized spacial score (nSPS) is 11.9. The molecule has 0 aliphatic rings. The van der Waals surface area contributed by atoms with Gasteiger partial charge in [0, 0.05) is 15.9 Å². The number of ether oxygens (including phenoxy) is 1. The molecule has 0 saturated carbocycles. The van der Waals surface area contributed by atoms with E-state index in [-0.39, 0.29) is 6.10 Å². The fourth-order valence-corrected chi connectivity index (χ4v) is 1.22. The Morgan fingerprint density at radius 1 is 1.36 bits per heavy atom. The maximum absolute atomic E-state index is 12.4. The van der Waals surface area contributed by atoms with Gasteiger partial charge in [0.1, 0.15) is 6.10 Å². The third-order valence-electron chi connectivity index (χ3n) is 1.73. The highest BCUT2D eigenvalue weighted by Gasteiger charge is 2.38. The summed E-state index contributed by atoms with van der Waals surface area (Å²) in [4.78, 5) is 7.24. The van der Waals surface area contributed by atoms with Gasteiger partial charge < -0.3 is 4.74 Å². The number of hydrogen-bond acceptors (Lipinski definition) is 2. The van der Waals surface area contributed by atoms with Crippen LogP contribution in [-0.4, -0.2) is 16.9 Å². The van der Waals surface area contributed by atoms with E-state index in [1.807, 2.05) is 29.8 Å². The Morgan fingerprint density at radius 2 is 1.79 bits per heavy atom. The number of rotatable bonds is 6. The summed E-state index contributed by atoms with van der Waals surface area (Å²) in [6.07, 6.45) is 2.49. The molecule has 0 heterocycles. The summed E-state index contributed by atoms with van der Waals surface area (Å²) in [5.74, 6) is -1.50. The predicted molar refractivity (Wildman–Crippen MR) is 53.6 cm³/mol. The van der Waals surface area contributed by atoms with E-state index in [2.05, 4.69) is 4.74 Å². The maximum atomic E-state index is 12.4. The smallest absolute Gasteiger partial charge is 0.396 e. The molecule has 0 rings (SSSR count). The number of hydrogen-bond donors (Lipinski definition) is 0. The second kappa shape index (κ2) is 6.32. The number of esters is 1. The molecule has 2 nitrogen and oxygen atoms in total. The van der Waals surface area contributed by atoms with Gasteiger partial charge in [-0.15, -0.1) is 0 Å². The number of carbonyl (C=O) groups is 1. The van der Waals surface area contributed by atoms with Crippen molar-refractivity contribution in [3.05, 3.63) is 0 Å². The van der Waals surface area contributed by atoms with E-state index in [9.17, 15) is 13.6 Å². The largest absolute Gasteiger partial charge is 0.457 e. The molecular weight excluding hydrogens is 258 g/mol. The van der Waals surface area contributed by atoms with E-state index in [4.69, 9.17) is 0 Å². The van der Waals surface area contributed by atoms with Gasteiger partial charge in [-0.1, -0.05) is 26.7 Å². The van der Waals surface area contributed by atoms with Crippen LogP contribution in [0.1, 0.15) is 39.5 Å². The van der Waals surface area contributed by atoms with Gasteiger partial charge in [0.2, 0.25) is 0 Å². The highest BCUT2D eigenvalue weighted by molar-refractivity contribution is 9.10. The molecule has 5 heteroatoms. The Labute approximate surface area is 91.1 Å². The SMILES string of the molecule is CCCC(CCC)OC(=O)C(F)(F)Br. The number of alkyl halides is 3. The van der Waals surface area contributed by atoms with Crippen molar-refractivity contribution in [1.82, 2.24) is 0 Å². The molecule has 0 aliphatic carbocycles. The van der Waals surface area contributed by atoms with Gasteiger partial charge in [0.25, 0.3) is 0 Å². The van der Waals surface area contributed by atoms with E-state index < -0.39 is 10.8 Å². The molecule has 0 unspecified atom stereocenters. The van der Waals surface area contributed by atoms with Crippen LogP contribution in [0, 0.1) is 0 Å². The number of carbonyl (C=O) groups excluding carboxylic acids is 1. The van der Waals surface area contributed by atoms with Crippen molar-refractivity contribution in [1.29, 1.82) is 0 Å². The molecule has 0 N–H and O–H groups in total. The molecule has 0 aromatic rings. The first kappa shape index (κ1) is 13.8. The van der Waals surface area contributed by atoms with Gasteiger partial charge in [0.05, 0.1) is 0 Å². The van der Waals surface area contributed by atoms with E-state index in [1.54, 1.807) is 0 Å². The van der Waals surface area contributed by atoms with E-state index in [0.717, 1.165) is 12.8 Å². The molecule has 0 spiro atoms. The summed E-state index contributed by atoms with van der Waals surface area (Å²) in [7, 11) is 0. The molecule has 0 bridgehead atoms. The Morgan fingerprint density at radius 3 is 2.07 bits per heavy atom. The summed E-state index contributed by atoms with van der Waals surface area (Å²) >= 11 is 1.97. The number of halogens is 3. The summed E-state index contributed by atoms with van der Waals surface area (Å²) in [5, 5.41) is 0. The molecule has 0 amide bonds. The van der Waals surface area contributed by atoms with Crippen LogP contribution in [0.15, 0.2) is 0 Å². The third-order valence-corrected chi connectivity index (χ3v) is 2.05. The van der Waals surface area contributed by atoms with Gasteiger partial charge in [-0.25, -0.2) is 4.79 Å². The van der Waals surface area contributed by atoms with E-state index in [1.165, 1.54) is 0 Å². The van der Waals surface area contributed by atoms with Crippen molar-refractivity contribution >= 4 is 21.9 Å². The minimum atomic E-state index is -3.56. The van der Waals surface area contributed by atoms with Crippen LogP contribution in [0.5, 0.6) is 0 Å². The maximum Gasteiger partial charge on any atom is 0.396 e. The molecule has 0 fully saturated rings. The lowest BCUT2D eigenvalue weighted by Crippen LogP contribution is -2.28. The molecule has 0 aliphatic heterocycles. The van der Waals surface area contributed by atoms with Crippen LogP contribution < -0.4 is 0 Å². The first-order valence-electron chi connectivity index (χ1n) is 4.69. The molecule has 0 aromatic carbocycles. The fourth-order valence-electron chi connectivity index (χ4n) is 1.12. The summed E-state index contributed by atoms with van der Waals surface area (Å²) in [6, 6.07) is 0. The molecule has 0 saturated heterocycles. The second-order valence-corrected chi connectivity index (χ2v) is 4.10. The zero-order chi connectivity index (χ0) is 11.2. The van der Waals surface area contributed by atoms with Gasteiger partial charge >= 0.3 is 10.8 Å². The first-order valence-corrected chi connectivity index (χ1v) is 5.48. The third kappa shape index (κ3) is 5.52. The lowest BCUT2D eigenvalue weighted by molar-refractivity contribution is -0.165. The minimum Gasteiger partial charge on any atom is -0.457 e. The minimum absolute atomic E-state index is 0.388. The van der Waals surface area contributed by atoms with Crippen molar-refractivity contribution in [3.8, 4) is 0 Å². The van der Waals surface area contributed by atoms with Gasteiger partial charge in [-0.05, 0) is 12.8 Å². The average Bonchev–Trinajstić information content (AvgIpc) is 2.03. The molecule has 0 atom stereocenters. The predicted octanol–water partition coefficient (Wildman–Crippen LogP) is 3.49. The second-order valence-electron chi connectivity index (χ2n) is 3.10. The Kier molecular flexibility index (Phi) is 6.24. The summed E-state index contributed by atoms with van der Waals surface area (Å²) in [6.45, 7) is 3.84. The summed E-state index contributed by atoms with van der Waals surface area (Å²) in [5.41, 5.74) is 0. The van der Waals surface area contributed by atoms with Crippen LogP contribution in [0.2, 0.25) is 0 Å². The lowest BCUT2D eigenvalue weighted by Gasteiger charge is -2.18. The monoisotopic (exact) mass is 272 g/mol. The van der Waals surface area contributed by atoms with Crippen molar-refractivity contribution in [3.63, 3.8) is 0 Å². The van der Waals surface area contributed by atoms with Crippen molar-refractivity contribution in [2.45, 2.75) is 50.5 Å². The Hall–Kier alpha value is -0.190.